The zero-order valence-corrected chi connectivity index (χ0v) is 18.4. The molecule has 0 amide bonds. The van der Waals surface area contributed by atoms with Crippen LogP contribution in [-0.2, 0) is 17.0 Å². The van der Waals surface area contributed by atoms with Crippen LogP contribution in [0, 0.1) is 5.92 Å². The first kappa shape index (κ1) is 21.0. The first-order valence-corrected chi connectivity index (χ1v) is 14.3. The average Bonchev–Trinajstić information content (AvgIpc) is 2.41. The molecule has 116 valence electrons. The molecule has 0 heterocycles. The van der Waals surface area contributed by atoms with Gasteiger partial charge in [-0.1, -0.05) is 36.7 Å². The minimum absolute atomic E-state index is 0.197. The Balaban J connectivity index is 0.00000110. The molecule has 0 aromatic heterocycles. The Labute approximate surface area is 143 Å². The van der Waals surface area contributed by atoms with Crippen LogP contribution in [0.3, 0.4) is 0 Å². The molecular weight excluding hydrogens is 341 g/mol. The Bertz CT molecular complexity index is 409. The van der Waals surface area contributed by atoms with Crippen LogP contribution in [-0.4, -0.2) is 13.8 Å². The van der Waals surface area contributed by atoms with Crippen LogP contribution in [0.5, 0.6) is 0 Å². The monoisotopic (exact) mass is 369 g/mol. The summed E-state index contributed by atoms with van der Waals surface area (Å²) in [6, 6.07) is 0. The zero-order chi connectivity index (χ0) is 16.3. The van der Waals surface area contributed by atoms with Crippen LogP contribution in [0.25, 0.3) is 0 Å². The molecular formula is C15H29Cl2NSiTi. The van der Waals surface area contributed by atoms with Gasteiger partial charge in [0.15, 0.2) is 8.24 Å². The topological polar surface area (TPSA) is 12.0 Å². The molecule has 1 atom stereocenters. The van der Waals surface area contributed by atoms with Gasteiger partial charge in [0.05, 0.1) is 0 Å². The first-order chi connectivity index (χ1) is 8.89. The van der Waals surface area contributed by atoms with Crippen LogP contribution in [0.1, 0.15) is 48.5 Å². The molecule has 0 aromatic carbocycles. The third-order valence-electron chi connectivity index (χ3n) is 3.97. The molecule has 1 unspecified atom stereocenters. The molecule has 1 N–H and O–H groups in total. The van der Waals surface area contributed by atoms with E-state index in [0.717, 1.165) is 0 Å². The van der Waals surface area contributed by atoms with Crippen molar-refractivity contribution in [3.8, 4) is 0 Å². The molecule has 1 aliphatic rings. The Morgan fingerprint density at radius 1 is 1.05 bits per heavy atom. The second-order valence-corrected chi connectivity index (χ2v) is 13.7. The van der Waals surface area contributed by atoms with Gasteiger partial charge in [-0.2, -0.15) is 0 Å². The summed E-state index contributed by atoms with van der Waals surface area (Å²) in [5, 5.41) is 1.65. The van der Waals surface area contributed by atoms with Gasteiger partial charge < -0.3 is 4.98 Å². The summed E-state index contributed by atoms with van der Waals surface area (Å²) in [6.45, 7) is 20.9. The van der Waals surface area contributed by atoms with Crippen LogP contribution in [0.4, 0.5) is 0 Å². The minimum atomic E-state index is -1.54. The van der Waals surface area contributed by atoms with E-state index in [-0.39, 0.29) is 5.54 Å². The maximum atomic E-state index is 4.89. The summed E-state index contributed by atoms with van der Waals surface area (Å²) in [5.74, 6) is 0.638. The van der Waals surface area contributed by atoms with E-state index in [0.29, 0.717) is 5.92 Å². The van der Waals surface area contributed by atoms with Crippen molar-refractivity contribution >= 4 is 26.8 Å². The van der Waals surface area contributed by atoms with Gasteiger partial charge >= 0.3 is 35.6 Å². The third kappa shape index (κ3) is 5.62. The SMILES string of the molecule is CC1=C(C)C(C)C(C)=C1[Si](C)(C)NC(C)(C)C.[Cl][Ti][Cl]. The molecule has 20 heavy (non-hydrogen) atoms. The van der Waals surface area contributed by atoms with E-state index >= 15 is 0 Å². The van der Waals surface area contributed by atoms with Crippen molar-refractivity contribution in [2.24, 2.45) is 5.92 Å². The van der Waals surface area contributed by atoms with E-state index in [4.69, 9.17) is 18.6 Å². The summed E-state index contributed by atoms with van der Waals surface area (Å²) < 4.78 is 0. The number of rotatable bonds is 2. The van der Waals surface area contributed by atoms with Gasteiger partial charge in [0, 0.05) is 5.54 Å². The Kier molecular flexibility index (Phi) is 8.37. The molecule has 5 heteroatoms. The number of halogens is 2. The van der Waals surface area contributed by atoms with Crippen molar-refractivity contribution in [2.45, 2.75) is 67.1 Å². The standard InChI is InChI=1S/C15H29NSi.2ClH.Ti/c1-10-11(2)13(4)14(12(10)3)17(8,9)16-15(5,6)7;;;/h10,16H,1-9H3;2*1H;/q;;;+2/p-2. The van der Waals surface area contributed by atoms with Gasteiger partial charge in [-0.25, -0.2) is 0 Å². The third-order valence-corrected chi connectivity index (χ3v) is 7.37. The summed E-state index contributed by atoms with van der Waals surface area (Å²) >= 11 is -0.556. The quantitative estimate of drug-likeness (QED) is 0.606. The van der Waals surface area contributed by atoms with Crippen molar-refractivity contribution in [3.63, 3.8) is 0 Å². The predicted molar refractivity (Wildman–Crippen MR) is 92.3 cm³/mol. The summed E-state index contributed by atoms with van der Waals surface area (Å²) in [4.78, 5) is 3.89. The summed E-state index contributed by atoms with van der Waals surface area (Å²) in [5.41, 5.74) is 4.90. The van der Waals surface area contributed by atoms with Crippen molar-refractivity contribution in [1.82, 2.24) is 4.98 Å². The molecule has 0 saturated heterocycles. The van der Waals surface area contributed by atoms with E-state index in [1.54, 1.807) is 21.9 Å². The van der Waals surface area contributed by atoms with Crippen molar-refractivity contribution in [2.75, 3.05) is 0 Å². The van der Waals surface area contributed by atoms with Gasteiger partial charge in [0.2, 0.25) is 0 Å². The molecule has 0 saturated carbocycles. The van der Waals surface area contributed by atoms with Crippen LogP contribution in [0.15, 0.2) is 21.9 Å². The van der Waals surface area contributed by atoms with Crippen LogP contribution >= 0.6 is 18.6 Å². The Hall–Kier alpha value is 0.951. The van der Waals surface area contributed by atoms with Crippen LogP contribution < -0.4 is 4.98 Å². The molecule has 1 aliphatic carbocycles. The average molecular weight is 370 g/mol. The van der Waals surface area contributed by atoms with Crippen LogP contribution in [0.2, 0.25) is 13.1 Å². The maximum absolute atomic E-state index is 4.89. The Morgan fingerprint density at radius 2 is 1.45 bits per heavy atom. The predicted octanol–water partition coefficient (Wildman–Crippen LogP) is 5.80. The van der Waals surface area contributed by atoms with E-state index in [9.17, 15) is 0 Å². The van der Waals surface area contributed by atoms with Gasteiger partial charge in [0.1, 0.15) is 0 Å². The van der Waals surface area contributed by atoms with Crippen molar-refractivity contribution in [3.05, 3.63) is 21.9 Å². The fourth-order valence-electron chi connectivity index (χ4n) is 3.32. The molecule has 0 aliphatic heterocycles. The fraction of sp³-hybridized carbons (Fsp3) is 0.733. The van der Waals surface area contributed by atoms with Gasteiger partial charge in [0.25, 0.3) is 0 Å². The molecule has 0 bridgehead atoms. The van der Waals surface area contributed by atoms with E-state index < -0.39 is 25.3 Å². The fourth-order valence-corrected chi connectivity index (χ4v) is 7.66. The second-order valence-electron chi connectivity index (χ2n) is 7.16. The van der Waals surface area contributed by atoms with E-state index in [1.807, 2.05) is 0 Å². The zero-order valence-electron chi connectivity index (χ0n) is 14.3. The Morgan fingerprint density at radius 3 is 1.70 bits per heavy atom. The summed E-state index contributed by atoms with van der Waals surface area (Å²) in [6.07, 6.45) is 0. The number of allylic oxidation sites excluding steroid dienone is 4. The number of hydrogen-bond donors (Lipinski definition) is 1. The molecule has 0 fully saturated rings. The second kappa shape index (κ2) is 7.99. The number of nitrogens with one attached hydrogen (secondary N) is 1. The van der Waals surface area contributed by atoms with Gasteiger partial charge in [-0.15, -0.1) is 0 Å². The molecule has 0 radical (unpaired) electrons. The van der Waals surface area contributed by atoms with E-state index in [1.165, 1.54) is 0 Å². The first-order valence-electron chi connectivity index (χ1n) is 7.03. The molecule has 1 rings (SSSR count). The van der Waals surface area contributed by atoms with Crippen molar-refractivity contribution < 1.29 is 17.0 Å². The van der Waals surface area contributed by atoms with Gasteiger partial charge in [-0.3, -0.25) is 0 Å². The molecule has 0 spiro atoms. The molecule has 1 nitrogen and oxygen atoms in total. The van der Waals surface area contributed by atoms with Gasteiger partial charge in [-0.05, 0) is 52.7 Å². The van der Waals surface area contributed by atoms with E-state index in [2.05, 4.69) is 66.5 Å². The number of hydrogen-bond acceptors (Lipinski definition) is 1. The van der Waals surface area contributed by atoms with Crippen molar-refractivity contribution in [1.29, 1.82) is 0 Å². The summed E-state index contributed by atoms with van der Waals surface area (Å²) in [7, 11) is 8.23. The normalized spacial score (nSPS) is 20.1. The molecule has 0 aromatic rings.